The third-order valence-corrected chi connectivity index (χ3v) is 5.66. The zero-order valence-electron chi connectivity index (χ0n) is 11.2. The van der Waals surface area contributed by atoms with Crippen LogP contribution in [0.4, 0.5) is 5.69 Å². The van der Waals surface area contributed by atoms with Gasteiger partial charge in [-0.3, -0.25) is 14.9 Å². The molecule has 0 fully saturated rings. The van der Waals surface area contributed by atoms with Crippen molar-refractivity contribution >= 4 is 32.4 Å². The molecule has 0 aromatic heterocycles. The Morgan fingerprint density at radius 1 is 1.45 bits per heavy atom. The van der Waals surface area contributed by atoms with E-state index < -0.39 is 30.9 Å². The van der Waals surface area contributed by atoms with E-state index in [1.54, 1.807) is 6.92 Å². The quantitative estimate of drug-likeness (QED) is 0.472. The van der Waals surface area contributed by atoms with E-state index in [1.165, 1.54) is 13.8 Å². The molecule has 0 heterocycles. The van der Waals surface area contributed by atoms with Crippen LogP contribution in [0.2, 0.25) is 0 Å². The lowest BCUT2D eigenvalue weighted by atomic mass is 10.1. The van der Waals surface area contributed by atoms with Crippen LogP contribution in [0.25, 0.3) is 0 Å². The number of nitro benzene ring substituents is 1. The van der Waals surface area contributed by atoms with Gasteiger partial charge in [0.05, 0.1) is 10.2 Å². The molecule has 0 saturated carbocycles. The fourth-order valence-electron chi connectivity index (χ4n) is 1.69. The van der Waals surface area contributed by atoms with Crippen LogP contribution in [0.1, 0.15) is 36.2 Å². The summed E-state index contributed by atoms with van der Waals surface area (Å²) in [6, 6.07) is 2.05. The molecule has 0 aliphatic heterocycles. The fourth-order valence-corrected chi connectivity index (χ4v) is 3.53. The largest absolute Gasteiger partial charge is 0.288 e. The number of hydrogen-bond donors (Lipinski definition) is 0. The third-order valence-electron chi connectivity index (χ3n) is 3.13. The molecule has 1 aromatic rings. The van der Waals surface area contributed by atoms with E-state index in [0.717, 1.165) is 12.1 Å². The van der Waals surface area contributed by atoms with Gasteiger partial charge in [0.25, 0.3) is 10.9 Å². The van der Waals surface area contributed by atoms with E-state index in [9.17, 15) is 23.3 Å². The lowest BCUT2D eigenvalue weighted by molar-refractivity contribution is -0.387. The number of sulfone groups is 1. The smallest absolute Gasteiger partial charge is 0.276 e. The minimum absolute atomic E-state index is 0.0681. The molecule has 0 amide bonds. The number of nitro groups is 1. The van der Waals surface area contributed by atoms with E-state index in [4.69, 9.17) is 11.6 Å². The van der Waals surface area contributed by atoms with Gasteiger partial charge in [-0.15, -0.1) is 0 Å². The van der Waals surface area contributed by atoms with E-state index in [-0.39, 0.29) is 16.0 Å². The Hall–Kier alpha value is -1.47. The van der Waals surface area contributed by atoms with Gasteiger partial charge in [-0.1, -0.05) is 6.92 Å². The normalized spacial score (nSPS) is 13.0. The van der Waals surface area contributed by atoms with Gasteiger partial charge in [-0.25, -0.2) is 8.42 Å². The molecule has 0 spiro atoms. The van der Waals surface area contributed by atoms with Crippen LogP contribution in [0.3, 0.4) is 0 Å². The Morgan fingerprint density at radius 3 is 2.40 bits per heavy atom. The van der Waals surface area contributed by atoms with Crippen molar-refractivity contribution in [3.8, 4) is 0 Å². The highest BCUT2D eigenvalue weighted by molar-refractivity contribution is 7.92. The molecule has 0 bridgehead atoms. The van der Waals surface area contributed by atoms with Crippen molar-refractivity contribution in [2.24, 2.45) is 0 Å². The first kappa shape index (κ1) is 16.6. The summed E-state index contributed by atoms with van der Waals surface area (Å²) < 4.78 is 24.6. The maximum atomic E-state index is 12.3. The molecule has 1 rings (SSSR count). The number of rotatable bonds is 5. The van der Waals surface area contributed by atoms with Crippen molar-refractivity contribution in [2.45, 2.75) is 37.3 Å². The van der Waals surface area contributed by atoms with Gasteiger partial charge in [0.2, 0.25) is 0 Å². The molecule has 0 aliphatic rings. The van der Waals surface area contributed by atoms with Gasteiger partial charge in [0, 0.05) is 11.6 Å². The molecule has 1 atom stereocenters. The number of carbonyl (C=O) groups is 1. The number of benzene rings is 1. The van der Waals surface area contributed by atoms with Gasteiger partial charge >= 0.3 is 0 Å². The third kappa shape index (κ3) is 2.99. The van der Waals surface area contributed by atoms with Gasteiger partial charge in [0.1, 0.15) is 4.90 Å². The first-order valence-corrected chi connectivity index (χ1v) is 7.78. The Labute approximate surface area is 121 Å². The Bertz CT molecular complexity index is 669. The molecule has 110 valence electrons. The average molecular weight is 320 g/mol. The topological polar surface area (TPSA) is 94.3 Å². The standard InChI is InChI=1S/C12H14ClNO5S/c1-4-8(3)20(18,19)11-5-7(2)9(12(13)15)6-10(11)14(16)17/h5-6,8H,4H2,1-3H3. The van der Waals surface area contributed by atoms with Crippen LogP contribution in [0.5, 0.6) is 0 Å². The van der Waals surface area contributed by atoms with Crippen molar-refractivity contribution in [1.29, 1.82) is 0 Å². The molecule has 6 nitrogen and oxygen atoms in total. The summed E-state index contributed by atoms with van der Waals surface area (Å²) in [5.41, 5.74) is -0.404. The molecule has 1 aromatic carbocycles. The van der Waals surface area contributed by atoms with Gasteiger partial charge in [0.15, 0.2) is 9.84 Å². The average Bonchev–Trinajstić information content (AvgIpc) is 2.36. The second-order valence-corrected chi connectivity index (χ2v) is 7.11. The Morgan fingerprint density at radius 2 is 2.00 bits per heavy atom. The number of hydrogen-bond acceptors (Lipinski definition) is 5. The first-order valence-electron chi connectivity index (χ1n) is 5.85. The van der Waals surface area contributed by atoms with Crippen molar-refractivity contribution in [3.05, 3.63) is 33.4 Å². The van der Waals surface area contributed by atoms with Crippen molar-refractivity contribution < 1.29 is 18.1 Å². The molecule has 1 unspecified atom stereocenters. The van der Waals surface area contributed by atoms with E-state index in [1.807, 2.05) is 0 Å². The number of aryl methyl sites for hydroxylation is 1. The Balaban J connectivity index is 3.68. The molecule has 0 N–H and O–H groups in total. The molecule has 0 aliphatic carbocycles. The van der Waals surface area contributed by atoms with Crippen LogP contribution in [0.15, 0.2) is 17.0 Å². The van der Waals surface area contributed by atoms with Crippen LogP contribution in [-0.4, -0.2) is 23.8 Å². The monoisotopic (exact) mass is 319 g/mol. The number of carbonyl (C=O) groups excluding carboxylic acids is 1. The highest BCUT2D eigenvalue weighted by Gasteiger charge is 2.31. The SMILES string of the molecule is CCC(C)S(=O)(=O)c1cc(C)c(C(=O)Cl)cc1[N+](=O)[O-]. The maximum Gasteiger partial charge on any atom is 0.288 e. The predicted molar refractivity (Wildman–Crippen MR) is 75.0 cm³/mol. The van der Waals surface area contributed by atoms with E-state index in [0.29, 0.717) is 6.42 Å². The molecule has 0 saturated heterocycles. The van der Waals surface area contributed by atoms with Gasteiger partial charge < -0.3 is 0 Å². The van der Waals surface area contributed by atoms with Gasteiger partial charge in [-0.05, 0) is 43.5 Å². The fraction of sp³-hybridized carbons (Fsp3) is 0.417. The van der Waals surface area contributed by atoms with Crippen molar-refractivity contribution in [2.75, 3.05) is 0 Å². The summed E-state index contributed by atoms with van der Waals surface area (Å²) in [4.78, 5) is 21.0. The number of nitrogens with zero attached hydrogens (tertiary/aromatic N) is 1. The summed E-state index contributed by atoms with van der Waals surface area (Å²) >= 11 is 5.33. The van der Waals surface area contributed by atoms with Crippen LogP contribution in [-0.2, 0) is 9.84 Å². The molecular weight excluding hydrogens is 306 g/mol. The molecule has 8 heteroatoms. The second-order valence-electron chi connectivity index (χ2n) is 4.43. The van der Waals surface area contributed by atoms with Crippen molar-refractivity contribution in [3.63, 3.8) is 0 Å². The lowest BCUT2D eigenvalue weighted by Crippen LogP contribution is -2.19. The highest BCUT2D eigenvalue weighted by Crippen LogP contribution is 2.31. The summed E-state index contributed by atoms with van der Waals surface area (Å²) in [6.07, 6.45) is 0.328. The van der Waals surface area contributed by atoms with E-state index in [2.05, 4.69) is 0 Å². The first-order chi connectivity index (χ1) is 9.12. The minimum Gasteiger partial charge on any atom is -0.276 e. The molecule has 20 heavy (non-hydrogen) atoms. The van der Waals surface area contributed by atoms with Crippen LogP contribution >= 0.6 is 11.6 Å². The predicted octanol–water partition coefficient (Wildman–Crippen LogP) is 2.85. The van der Waals surface area contributed by atoms with Crippen LogP contribution in [0, 0.1) is 17.0 Å². The van der Waals surface area contributed by atoms with Crippen LogP contribution < -0.4 is 0 Å². The zero-order chi connectivity index (χ0) is 15.7. The Kier molecular flexibility index (Phi) is 4.88. The molecule has 0 radical (unpaired) electrons. The summed E-state index contributed by atoms with van der Waals surface area (Å²) in [6.45, 7) is 4.64. The highest BCUT2D eigenvalue weighted by atomic mass is 35.5. The van der Waals surface area contributed by atoms with Gasteiger partial charge in [-0.2, -0.15) is 0 Å². The summed E-state index contributed by atoms with van der Waals surface area (Å²) in [5.74, 6) is 0. The minimum atomic E-state index is -3.83. The zero-order valence-corrected chi connectivity index (χ0v) is 12.8. The van der Waals surface area contributed by atoms with E-state index >= 15 is 0 Å². The number of halogens is 1. The van der Waals surface area contributed by atoms with Crippen molar-refractivity contribution in [1.82, 2.24) is 0 Å². The maximum absolute atomic E-state index is 12.3. The molecular formula is C12H14ClNO5S. The summed E-state index contributed by atoms with van der Waals surface area (Å²) in [5, 5.41) is 9.44. The summed E-state index contributed by atoms with van der Waals surface area (Å²) in [7, 11) is -3.83. The lowest BCUT2D eigenvalue weighted by Gasteiger charge is -2.12. The second kappa shape index (κ2) is 5.88.